The van der Waals surface area contributed by atoms with Crippen molar-refractivity contribution in [3.8, 4) is 23.0 Å². The quantitative estimate of drug-likeness (QED) is 0.00895. The molecule has 35 nitrogen and oxygen atoms in total. The van der Waals surface area contributed by atoms with Crippen LogP contribution in [0.4, 0.5) is 27.5 Å². The predicted octanol–water partition coefficient (Wildman–Crippen LogP) is 14.9. The number of aryl methyl sites for hydroxylation is 2. The Morgan fingerprint density at radius 3 is 1.41 bits per heavy atom. The number of likely N-dealkylation sites (N-methyl/N-ethyl adjacent to an activating group) is 2. The van der Waals surface area contributed by atoms with Crippen molar-refractivity contribution >= 4 is 190 Å². The largest absolute Gasteiger partial charge is 0.508 e. The van der Waals surface area contributed by atoms with Gasteiger partial charge < -0.3 is 78.7 Å². The number of hydrogen-bond donors (Lipinski definition) is 6. The summed E-state index contributed by atoms with van der Waals surface area (Å²) in [5.74, 6) is -2.92. The Morgan fingerprint density at radius 1 is 0.517 bits per heavy atom. The lowest BCUT2D eigenvalue weighted by Crippen LogP contribution is -2.44. The summed E-state index contributed by atoms with van der Waals surface area (Å²) in [6.45, 7) is 17.8. The van der Waals surface area contributed by atoms with E-state index < -0.39 is 39.9 Å². The number of nitrogens with one attached hydrogen (secondary N) is 4. The van der Waals surface area contributed by atoms with E-state index in [1.165, 1.54) is 60.6 Å². The van der Waals surface area contributed by atoms with Crippen molar-refractivity contribution < 1.29 is 96.2 Å². The zero-order chi connectivity index (χ0) is 105. The van der Waals surface area contributed by atoms with Crippen LogP contribution in [-0.2, 0) is 52.6 Å². The number of hydrogen-bond acceptors (Lipinski definition) is 24. The van der Waals surface area contributed by atoms with Gasteiger partial charge in [0.25, 0.3) is 47.3 Å². The third-order valence-corrected chi connectivity index (χ3v) is 25.5. The number of aromatic hydroxyl groups is 2. The Kier molecular flexibility index (Phi) is 40.9. The van der Waals surface area contributed by atoms with Crippen LogP contribution < -0.4 is 40.5 Å². The summed E-state index contributed by atoms with van der Waals surface area (Å²) in [6, 6.07) is 33.5. The van der Waals surface area contributed by atoms with Crippen molar-refractivity contribution in [1.29, 1.82) is 0 Å². The second-order valence-corrected chi connectivity index (χ2v) is 39.2. The number of amides is 11. The number of anilines is 4. The molecule has 8 heterocycles. The lowest BCUT2D eigenvalue weighted by molar-refractivity contribution is -0.139. The van der Waals surface area contributed by atoms with Crippen molar-refractivity contribution in [2.45, 2.75) is 116 Å². The number of ether oxygens (including phenoxy) is 5. The number of benzene rings is 6. The molecule has 11 amide bonds. The number of phenolic OH excluding ortho intramolecular Hbond substituents is 2. The monoisotopic (exact) mass is 2090 g/mol. The number of ketones is 2. The van der Waals surface area contributed by atoms with Crippen molar-refractivity contribution in [2.75, 3.05) is 153 Å². The number of carbonyl (C=O) groups is 13. The number of unbranched alkanes of at least 4 members (excludes halogenated alkanes) is 2. The lowest BCUT2D eigenvalue weighted by Gasteiger charge is -2.27. The summed E-state index contributed by atoms with van der Waals surface area (Å²) < 4.78 is 30.3. The number of phenols is 2. The SMILES string of the molecule is CC(C)[C@@H](C(=O)C[C@@H](C)C(=O)NCCCCCOCCN1C(=O)C=CC1=O)N(C)C.COCOc1ccc(C(=O)Nc2ccc3nc(C(=O)N4C[C@@H](CCl)c5c4cc(O)c4cccc(C)c54)cn3c2)cc1.Cc1cccc2c(OC(=O)N(CCNC(=O)[C@H](C)CC(=O)[C@H](C(C)C)N(C)C)CCOCCN3C(=O)C=CC3=O)cc3c(c12)[C@H](CCl)CN3C(=O)c1cn2cc(NC(=O)c3ccc(O)cc3)ccc2n1.ClC(Cl)Cl. The second-order valence-electron chi connectivity index (χ2n) is 36.6. The first kappa shape index (κ1) is 112. The number of aromatic nitrogens is 4. The number of methoxy groups -OCH3 is 1. The minimum atomic E-state index is -0.776. The second kappa shape index (κ2) is 52.7. The first-order chi connectivity index (χ1) is 69.2. The van der Waals surface area contributed by atoms with Gasteiger partial charge in [-0.25, -0.2) is 14.8 Å². The summed E-state index contributed by atoms with van der Waals surface area (Å²) in [7, 11) is 8.98. The number of fused-ring (bicyclic) bond motifs is 8. The average Bonchev–Trinajstić information content (AvgIpc) is 1.60. The van der Waals surface area contributed by atoms with Crippen LogP contribution in [0.1, 0.15) is 149 Å². The summed E-state index contributed by atoms with van der Waals surface area (Å²) in [6.07, 6.45) is 13.5. The van der Waals surface area contributed by atoms with Crippen molar-refractivity contribution in [2.24, 2.45) is 23.7 Å². The van der Waals surface area contributed by atoms with E-state index in [0.29, 0.717) is 88.5 Å². The Hall–Kier alpha value is -12.9. The Labute approximate surface area is 865 Å². The first-order valence-electron chi connectivity index (χ1n) is 47.4. The zero-order valence-corrected chi connectivity index (χ0v) is 86.8. The summed E-state index contributed by atoms with van der Waals surface area (Å²) in [5.41, 5.74) is 7.93. The summed E-state index contributed by atoms with van der Waals surface area (Å²) in [5, 5.41) is 34.9. The van der Waals surface area contributed by atoms with Gasteiger partial charge in [-0.2, -0.15) is 0 Å². The highest BCUT2D eigenvalue weighted by atomic mass is 35.6. The number of Topliss-reactive ketones (excluding diaryl/α,β-unsaturated/α-hetero) is 2. The molecule has 0 radical (unpaired) electrons. The molecule has 0 bridgehead atoms. The molecule has 145 heavy (non-hydrogen) atoms. The molecule has 0 fully saturated rings. The number of nitrogens with zero attached hydrogens (tertiary/aromatic N) is 11. The molecule has 10 aromatic rings. The van der Waals surface area contributed by atoms with E-state index in [0.717, 1.165) is 67.5 Å². The van der Waals surface area contributed by atoms with Crippen LogP contribution in [0.25, 0.3) is 32.8 Å². The number of imide groups is 2. The predicted molar refractivity (Wildman–Crippen MR) is 557 cm³/mol. The van der Waals surface area contributed by atoms with E-state index >= 15 is 0 Å². The molecule has 4 aromatic heterocycles. The van der Waals surface area contributed by atoms with Crippen LogP contribution in [0.15, 0.2) is 170 Å². The third-order valence-electron chi connectivity index (χ3n) is 24.8. The molecule has 0 unspecified atom stereocenters. The Morgan fingerprint density at radius 2 is 0.959 bits per heavy atom. The molecule has 6 atom stereocenters. The molecule has 40 heteroatoms. The minimum absolute atomic E-state index is 0.00128. The van der Waals surface area contributed by atoms with E-state index in [4.69, 9.17) is 81.7 Å². The molecule has 6 aromatic carbocycles. The van der Waals surface area contributed by atoms with Crippen LogP contribution in [-0.4, -0.2) is 279 Å². The molecular weight excluding hydrogens is 1970 g/mol. The maximum Gasteiger partial charge on any atom is 0.415 e. The van der Waals surface area contributed by atoms with Gasteiger partial charge in [0.2, 0.25) is 11.8 Å². The number of carbonyl (C=O) groups excluding carboxylic acids is 13. The first-order valence-corrected chi connectivity index (χ1v) is 49.8. The van der Waals surface area contributed by atoms with E-state index in [1.54, 1.807) is 118 Å². The smallest absolute Gasteiger partial charge is 0.415 e. The van der Waals surface area contributed by atoms with Crippen LogP contribution in [0.5, 0.6) is 23.0 Å². The highest BCUT2D eigenvalue weighted by molar-refractivity contribution is 6.63. The highest BCUT2D eigenvalue weighted by Crippen LogP contribution is 2.49. The fourth-order valence-corrected chi connectivity index (χ4v) is 18.4. The van der Waals surface area contributed by atoms with Gasteiger partial charge in [0, 0.05) is 184 Å². The van der Waals surface area contributed by atoms with Gasteiger partial charge >= 0.3 is 6.09 Å². The topological polar surface area (TPSA) is 414 Å². The molecule has 0 spiro atoms. The van der Waals surface area contributed by atoms with Gasteiger partial charge in [0.05, 0.1) is 67.7 Å². The number of rotatable bonds is 42. The lowest BCUT2D eigenvalue weighted by atomic mass is 9.92. The van der Waals surface area contributed by atoms with E-state index in [9.17, 15) is 72.5 Å². The molecule has 0 saturated heterocycles. The van der Waals surface area contributed by atoms with Gasteiger partial charge in [-0.3, -0.25) is 77.1 Å². The van der Waals surface area contributed by atoms with E-state index in [-0.39, 0.29) is 195 Å². The Balaban J connectivity index is 0.000000224. The zero-order valence-electron chi connectivity index (χ0n) is 83.1. The van der Waals surface area contributed by atoms with Gasteiger partial charge in [0.1, 0.15) is 45.7 Å². The van der Waals surface area contributed by atoms with Gasteiger partial charge in [-0.15, -0.1) is 23.2 Å². The standard InChI is InChI=1S/C51H57ClN8O10.C31H27ClN4O5.C22H37N3O5.CHCl3/c1-30(2)47(56(5)6)40(62)24-32(4)48(65)53-18-19-57(20-22-69-23-21-59-43(63)16-17-44(59)64)51(68)70-41-25-39-46(45-31(3)8-7-9-37(41)45)34(26-52)27-60(39)50(67)38-29-58-28-35(12-15-42(58)55-38)54-49(66)33-10-13-36(61)14-11-33;1-18-4-3-5-23-26(37)12-25-29(28(18)23)20(13-32)14-36(25)31(39)24-16-35-15-21(8-11-27(35)34-24)33-30(38)19-6-9-22(10-7-19)41-17-40-2;1-16(2)21(24(4)5)18(26)15-17(3)22(29)23-11-7-6-8-13-30-14-12-25-19(27)9-10-20(25)28;2-1(3)4/h7-17,25,28-30,32,34,47,61H,18-24,26-27H2,1-6H3,(H,53,65)(H,54,66);3-12,15-16,20,37H,13-14,17H2,1-2H3,(H,33,38);9-10,16-17,21H,6-8,11-15H2,1-5H3,(H,23,29);1H/t32-,34-,47+;20-;17-,21+;/m111./s1. The normalized spacial score (nSPS) is 15.0. The fourth-order valence-electron chi connectivity index (χ4n) is 17.9. The molecule has 0 saturated carbocycles. The number of alkyl halides is 5. The fraction of sp³-hybridized carbons (Fsp3) is 0.400. The average molecular weight is 2090 g/mol. The molecular formula is C105H122Cl5N15O20. The number of imidazole rings is 2. The number of halogens is 5. The van der Waals surface area contributed by atoms with Crippen LogP contribution in [0.3, 0.4) is 0 Å². The Bertz CT molecular complexity index is 6400. The molecule has 4 aliphatic heterocycles. The molecule has 4 aliphatic rings. The highest BCUT2D eigenvalue weighted by Gasteiger charge is 2.40. The molecule has 772 valence electrons. The van der Waals surface area contributed by atoms with Crippen LogP contribution in [0, 0.1) is 37.5 Å². The maximum atomic E-state index is 14.5. The molecule has 6 N–H and O–H groups in total. The van der Waals surface area contributed by atoms with Crippen molar-refractivity contribution in [3.63, 3.8) is 0 Å². The van der Waals surface area contributed by atoms with Gasteiger partial charge in [-0.05, 0) is 179 Å². The van der Waals surface area contributed by atoms with E-state index in [1.807, 2.05) is 116 Å². The van der Waals surface area contributed by atoms with Crippen molar-refractivity contribution in [3.05, 3.63) is 215 Å². The third kappa shape index (κ3) is 29.3. The van der Waals surface area contributed by atoms with Gasteiger partial charge in [-0.1, -0.05) is 113 Å². The van der Waals surface area contributed by atoms with Crippen molar-refractivity contribution in [1.82, 2.24) is 53.9 Å². The number of pyridine rings is 2. The van der Waals surface area contributed by atoms with Crippen LogP contribution in [0.2, 0.25) is 0 Å². The van der Waals surface area contributed by atoms with E-state index in [2.05, 4.69) is 31.2 Å². The van der Waals surface area contributed by atoms with Gasteiger partial charge in [0.15, 0.2) is 22.7 Å². The minimum Gasteiger partial charge on any atom is -0.508 e. The summed E-state index contributed by atoms with van der Waals surface area (Å²) in [4.78, 5) is 186. The summed E-state index contributed by atoms with van der Waals surface area (Å²) >= 11 is 27.4. The molecule has 0 aliphatic carbocycles. The maximum absolute atomic E-state index is 14.5. The van der Waals surface area contributed by atoms with Crippen LogP contribution >= 0.6 is 58.0 Å². The molecule has 14 rings (SSSR count).